The number of aromatic nitrogens is 1. The lowest BCUT2D eigenvalue weighted by Gasteiger charge is -2.44. The predicted octanol–water partition coefficient (Wildman–Crippen LogP) is 2.66. The number of nitrogens with zero attached hydrogens (tertiary/aromatic N) is 2. The molecule has 2 bridgehead atoms. The van der Waals surface area contributed by atoms with Gasteiger partial charge >= 0.3 is 6.08 Å². The monoisotopic (exact) mass is 333 g/mol. The summed E-state index contributed by atoms with van der Waals surface area (Å²) in [4.78, 5) is 19.5. The summed E-state index contributed by atoms with van der Waals surface area (Å²) in [5, 5.41) is 3.79. The molecule has 3 aliphatic rings. The van der Waals surface area contributed by atoms with E-state index in [0.717, 1.165) is 6.54 Å². The number of carbonyl (C=O) groups excluding carboxylic acids is 1. The highest BCUT2D eigenvalue weighted by molar-refractivity contribution is 7.15. The Balaban J connectivity index is 1.39. The molecular weight excluding hydrogens is 314 g/mol. The van der Waals surface area contributed by atoms with E-state index in [1.165, 1.54) is 37.3 Å². The summed E-state index contributed by atoms with van der Waals surface area (Å²) < 4.78 is 10.8. The maximum absolute atomic E-state index is 12.4. The summed E-state index contributed by atoms with van der Waals surface area (Å²) in [6.07, 6.45) is 4.18. The second-order valence-corrected chi connectivity index (χ2v) is 7.22. The van der Waals surface area contributed by atoms with Crippen LogP contribution in [0.4, 0.5) is 0 Å². The number of nitrogens with one attached hydrogen (secondary N) is 1. The van der Waals surface area contributed by atoms with Crippen LogP contribution in [0.15, 0.2) is 22.7 Å². The van der Waals surface area contributed by atoms with Crippen LogP contribution in [-0.2, 0) is 0 Å². The summed E-state index contributed by atoms with van der Waals surface area (Å²) in [5.74, 6) is 1.29. The molecular formula is C16H19N3O3S. The Morgan fingerprint density at radius 3 is 2.91 bits per heavy atom. The molecule has 3 aliphatic heterocycles. The van der Waals surface area contributed by atoms with E-state index in [1.807, 2.05) is 0 Å². The maximum atomic E-state index is 12.4. The number of ether oxygens (including phenoxy) is 1. The van der Waals surface area contributed by atoms with Crippen LogP contribution in [0.2, 0.25) is 0 Å². The van der Waals surface area contributed by atoms with Crippen LogP contribution in [0, 0.1) is 12.8 Å². The van der Waals surface area contributed by atoms with Crippen molar-refractivity contribution in [3.8, 4) is 11.1 Å². The Hall–Kier alpha value is -1.86. The molecule has 23 heavy (non-hydrogen) atoms. The van der Waals surface area contributed by atoms with Crippen molar-refractivity contribution < 1.29 is 13.9 Å². The summed E-state index contributed by atoms with van der Waals surface area (Å²) in [7, 11) is 0. The van der Waals surface area contributed by atoms with Crippen molar-refractivity contribution in [2.24, 2.45) is 5.92 Å². The predicted molar refractivity (Wildman–Crippen MR) is 86.1 cm³/mol. The second-order valence-electron chi connectivity index (χ2n) is 6.18. The second kappa shape index (κ2) is 5.98. The zero-order valence-electron chi connectivity index (χ0n) is 12.9. The van der Waals surface area contributed by atoms with Crippen molar-refractivity contribution in [2.75, 3.05) is 19.6 Å². The Morgan fingerprint density at radius 2 is 2.26 bits per heavy atom. The van der Waals surface area contributed by atoms with Crippen molar-refractivity contribution in [3.05, 3.63) is 29.0 Å². The molecule has 1 N–H and O–H groups in total. The van der Waals surface area contributed by atoms with Crippen molar-refractivity contribution in [1.29, 1.82) is 0 Å². The third kappa shape index (κ3) is 3.11. The van der Waals surface area contributed by atoms with Gasteiger partial charge in [0, 0.05) is 12.6 Å². The highest BCUT2D eigenvalue weighted by atomic mass is 32.1. The van der Waals surface area contributed by atoms with Crippen LogP contribution in [-0.4, -0.2) is 41.5 Å². The number of piperidine rings is 3. The van der Waals surface area contributed by atoms with E-state index in [0.29, 0.717) is 21.6 Å². The molecule has 7 heteroatoms. The van der Waals surface area contributed by atoms with Gasteiger partial charge in [-0.25, -0.2) is 0 Å². The first-order chi connectivity index (χ1) is 11.2. The summed E-state index contributed by atoms with van der Waals surface area (Å²) in [6.45, 7) is 5.12. The first-order valence-corrected chi connectivity index (χ1v) is 8.72. The van der Waals surface area contributed by atoms with Gasteiger partial charge in [-0.2, -0.15) is 4.98 Å². The largest absolute Gasteiger partial charge is 0.414 e. The Morgan fingerprint density at radius 1 is 1.43 bits per heavy atom. The van der Waals surface area contributed by atoms with Gasteiger partial charge in [-0.15, -0.1) is 0 Å². The molecule has 122 valence electrons. The topological polar surface area (TPSA) is 67.6 Å². The number of oxazole rings is 1. The Kier molecular flexibility index (Phi) is 3.82. The Bertz CT molecular complexity index is 703. The van der Waals surface area contributed by atoms with Crippen LogP contribution in [0.1, 0.15) is 28.3 Å². The normalized spacial score (nSPS) is 26.2. The average Bonchev–Trinajstić information content (AvgIpc) is 3.18. The van der Waals surface area contributed by atoms with Gasteiger partial charge in [-0.05, 0) is 50.9 Å². The number of hydrogen-bond acceptors (Lipinski definition) is 6. The van der Waals surface area contributed by atoms with E-state index in [9.17, 15) is 4.79 Å². The molecule has 0 unspecified atom stereocenters. The molecule has 2 aromatic rings. The summed E-state index contributed by atoms with van der Waals surface area (Å²) in [5.41, 5.74) is 0. The van der Waals surface area contributed by atoms with Gasteiger partial charge < -0.3 is 19.4 Å². The van der Waals surface area contributed by atoms with Crippen LogP contribution in [0.3, 0.4) is 0 Å². The minimum absolute atomic E-state index is 0.0211. The van der Waals surface area contributed by atoms with Gasteiger partial charge in [0.25, 0.3) is 5.91 Å². The fraction of sp³-hybridized carbons (Fsp3) is 0.500. The molecule has 2 aromatic heterocycles. The highest BCUT2D eigenvalue weighted by Crippen LogP contribution is 2.31. The van der Waals surface area contributed by atoms with Gasteiger partial charge in [0.05, 0.1) is 11.1 Å². The Labute approximate surface area is 138 Å². The number of hydrogen-bond donors (Lipinski definition) is 1. The first-order valence-electron chi connectivity index (χ1n) is 7.91. The minimum Gasteiger partial charge on any atom is -0.414 e. The summed E-state index contributed by atoms with van der Waals surface area (Å²) in [6, 6.07) is 3.83. The molecule has 3 saturated heterocycles. The quantitative estimate of drug-likeness (QED) is 0.932. The fourth-order valence-corrected chi connectivity index (χ4v) is 4.09. The van der Waals surface area contributed by atoms with Crippen LogP contribution in [0.25, 0.3) is 0 Å². The number of fused-ring (bicyclic) bond motifs is 3. The SMILES string of the molecule is Cc1cnc(Oc2ccc(C(=O)N[C@H]3CN4CCC3CC4)s2)o1. The molecule has 0 radical (unpaired) electrons. The average molecular weight is 333 g/mol. The standard InChI is InChI=1S/C16H19N3O3S/c1-10-8-17-16(21-10)22-14-3-2-13(23-14)15(20)18-12-9-19-6-4-11(12)5-7-19/h2-3,8,11-12H,4-7,9H2,1H3,(H,18,20)/t12-/m0/s1. The van der Waals surface area contributed by atoms with E-state index in [1.54, 1.807) is 25.3 Å². The molecule has 1 amide bonds. The van der Waals surface area contributed by atoms with E-state index in [4.69, 9.17) is 9.15 Å². The summed E-state index contributed by atoms with van der Waals surface area (Å²) >= 11 is 1.31. The van der Waals surface area contributed by atoms with Crippen LogP contribution >= 0.6 is 11.3 Å². The highest BCUT2D eigenvalue weighted by Gasteiger charge is 2.35. The third-order valence-corrected chi connectivity index (χ3v) is 5.53. The first kappa shape index (κ1) is 14.7. The van der Waals surface area contributed by atoms with Gasteiger partial charge in [-0.3, -0.25) is 4.79 Å². The van der Waals surface area contributed by atoms with E-state index in [2.05, 4.69) is 15.2 Å². The molecule has 1 atom stereocenters. The number of thiophene rings is 1. The number of amides is 1. The molecule has 5 rings (SSSR count). The van der Waals surface area contributed by atoms with Gasteiger partial charge in [-0.1, -0.05) is 11.3 Å². The molecule has 0 spiro atoms. The van der Waals surface area contributed by atoms with Crippen LogP contribution in [0.5, 0.6) is 11.1 Å². The minimum atomic E-state index is -0.0211. The van der Waals surface area contributed by atoms with Gasteiger partial charge in [0.1, 0.15) is 5.76 Å². The van der Waals surface area contributed by atoms with E-state index in [-0.39, 0.29) is 18.0 Å². The fourth-order valence-electron chi connectivity index (χ4n) is 3.33. The van der Waals surface area contributed by atoms with Gasteiger partial charge in [0.2, 0.25) is 0 Å². The lowest BCUT2D eigenvalue weighted by Crippen LogP contribution is -2.57. The number of rotatable bonds is 4. The lowest BCUT2D eigenvalue weighted by atomic mass is 9.84. The number of aryl methyl sites for hydroxylation is 1. The molecule has 0 aliphatic carbocycles. The van der Waals surface area contributed by atoms with Crippen molar-refractivity contribution >= 4 is 17.2 Å². The van der Waals surface area contributed by atoms with Crippen molar-refractivity contribution in [1.82, 2.24) is 15.2 Å². The zero-order valence-corrected chi connectivity index (χ0v) is 13.8. The zero-order chi connectivity index (χ0) is 15.8. The van der Waals surface area contributed by atoms with E-state index < -0.39 is 0 Å². The maximum Gasteiger partial charge on any atom is 0.400 e. The number of carbonyl (C=O) groups is 1. The molecule has 5 heterocycles. The van der Waals surface area contributed by atoms with E-state index >= 15 is 0 Å². The molecule has 0 aromatic carbocycles. The third-order valence-electron chi connectivity index (χ3n) is 4.57. The lowest BCUT2D eigenvalue weighted by molar-refractivity contribution is 0.0622. The van der Waals surface area contributed by atoms with Crippen LogP contribution < -0.4 is 10.1 Å². The smallest absolute Gasteiger partial charge is 0.400 e. The van der Waals surface area contributed by atoms with Crippen molar-refractivity contribution in [3.63, 3.8) is 0 Å². The molecule has 0 saturated carbocycles. The van der Waals surface area contributed by atoms with Gasteiger partial charge in [0.15, 0.2) is 5.06 Å². The molecule has 3 fully saturated rings. The molecule has 6 nitrogen and oxygen atoms in total. The van der Waals surface area contributed by atoms with Crippen molar-refractivity contribution in [2.45, 2.75) is 25.8 Å².